The zero-order valence-corrected chi connectivity index (χ0v) is 45.5. The van der Waals surface area contributed by atoms with Crippen LogP contribution in [0.2, 0.25) is 51.4 Å². The van der Waals surface area contributed by atoms with Crippen molar-refractivity contribution in [1.29, 1.82) is 0 Å². The summed E-state index contributed by atoms with van der Waals surface area (Å²) in [4.78, 5) is 57.1. The number of unbranched alkanes of at least 4 members (excludes halogenated alkanes) is 1. The van der Waals surface area contributed by atoms with E-state index in [1.54, 1.807) is 34.6 Å². The molecular formula is C41H80Br2O12Si3. The third-order valence-electron chi connectivity index (χ3n) is 8.62. The first-order valence-electron chi connectivity index (χ1n) is 20.3. The molecule has 0 fully saturated rings. The van der Waals surface area contributed by atoms with E-state index in [9.17, 15) is 24.0 Å². The number of hydrogen-bond acceptors (Lipinski definition) is 12. The average molecular weight is 1010 g/mol. The van der Waals surface area contributed by atoms with Gasteiger partial charge in [-0.05, 0) is 133 Å². The van der Waals surface area contributed by atoms with E-state index in [1.165, 1.54) is 18.9 Å². The van der Waals surface area contributed by atoms with E-state index < -0.39 is 51.2 Å². The van der Waals surface area contributed by atoms with Gasteiger partial charge < -0.3 is 31.9 Å². The van der Waals surface area contributed by atoms with Crippen molar-refractivity contribution in [2.45, 2.75) is 175 Å². The molecule has 0 aliphatic rings. The first kappa shape index (κ1) is 60.9. The van der Waals surface area contributed by atoms with Crippen LogP contribution in [0.3, 0.4) is 0 Å². The van der Waals surface area contributed by atoms with Crippen LogP contribution < -0.4 is 0 Å². The number of carbonyl (C=O) groups is 5. The zero-order chi connectivity index (χ0) is 46.4. The fourth-order valence-electron chi connectivity index (χ4n) is 4.40. The van der Waals surface area contributed by atoms with Crippen LogP contribution >= 0.6 is 31.9 Å². The van der Waals surface area contributed by atoms with Crippen molar-refractivity contribution in [3.05, 3.63) is 12.2 Å². The molecule has 0 aromatic carbocycles. The van der Waals surface area contributed by atoms with Crippen LogP contribution in [0.1, 0.15) is 115 Å². The van der Waals surface area contributed by atoms with Crippen molar-refractivity contribution >= 4 is 86.9 Å². The van der Waals surface area contributed by atoms with Crippen LogP contribution in [0.15, 0.2) is 12.2 Å². The molecule has 342 valence electrons. The molecule has 0 saturated heterocycles. The lowest BCUT2D eigenvalue weighted by Crippen LogP contribution is -2.52. The molecule has 0 aromatic rings. The van der Waals surface area contributed by atoms with Crippen LogP contribution in [0, 0.1) is 10.8 Å². The Morgan fingerprint density at radius 2 is 0.828 bits per heavy atom. The highest BCUT2D eigenvalue weighted by Crippen LogP contribution is 2.27. The number of alkyl halides is 2. The van der Waals surface area contributed by atoms with Crippen LogP contribution in [0.4, 0.5) is 0 Å². The summed E-state index contributed by atoms with van der Waals surface area (Å²) in [5, 5.41) is 0. The molecule has 0 rings (SSSR count). The number of carbonyl (C=O) groups excluding carboxylic acids is 5. The second-order valence-electron chi connectivity index (χ2n) is 18.2. The van der Waals surface area contributed by atoms with E-state index in [2.05, 4.69) is 84.6 Å². The molecular weight excluding hydrogens is 929 g/mol. The van der Waals surface area contributed by atoms with E-state index in [0.29, 0.717) is 18.6 Å². The fraction of sp³-hybridized carbons (Fsp3) is 0.829. The Morgan fingerprint density at radius 3 is 1.14 bits per heavy atom. The second kappa shape index (κ2) is 27.5. The number of halogens is 2. The standard InChI is InChI=1S/C19H44O4Si3.C12H21BrO4.C10H15BrO4/c1-11-13-16-24(5,6)22-26(9,10)23-25(7,8)17-14-15-21-18(20)19(3,4)12-2;1-6-11(2,3)9(14)16-7-8-17-10(15)12(4,5)13;1-7(2)8(12)14-5-6-15-9(13)10(3,4)11/h11-17H2,1-10H3;6-8H2,1-5H3;1,5-6H2,2-4H3. The van der Waals surface area contributed by atoms with Gasteiger partial charge >= 0.3 is 38.4 Å². The molecule has 58 heavy (non-hydrogen) atoms. The van der Waals surface area contributed by atoms with E-state index >= 15 is 0 Å². The Kier molecular flexibility index (Phi) is 28.9. The summed E-state index contributed by atoms with van der Waals surface area (Å²) in [6.45, 7) is 39.7. The van der Waals surface area contributed by atoms with Gasteiger partial charge in [0, 0.05) is 5.57 Å². The molecule has 0 atom stereocenters. The fourth-order valence-corrected chi connectivity index (χ4v) is 18.8. The molecule has 0 N–H and O–H groups in total. The van der Waals surface area contributed by atoms with Gasteiger partial charge in [0.25, 0.3) is 0 Å². The summed E-state index contributed by atoms with van der Waals surface area (Å²) < 4.78 is 36.7. The molecule has 0 saturated carbocycles. The quantitative estimate of drug-likeness (QED) is 0.0226. The Labute approximate surface area is 372 Å². The van der Waals surface area contributed by atoms with Gasteiger partial charge in [0.15, 0.2) is 16.6 Å². The van der Waals surface area contributed by atoms with Crippen LogP contribution in [-0.4, -0.2) is 96.7 Å². The predicted octanol–water partition coefficient (Wildman–Crippen LogP) is 10.8. The molecule has 0 heterocycles. The molecule has 0 aromatic heterocycles. The second-order valence-corrected chi connectivity index (χ2v) is 34.6. The minimum Gasteiger partial charge on any atom is -0.465 e. The average Bonchev–Trinajstić information content (AvgIpc) is 3.07. The monoisotopic (exact) mass is 1010 g/mol. The van der Waals surface area contributed by atoms with Crippen LogP contribution in [-0.2, 0) is 55.9 Å². The van der Waals surface area contributed by atoms with Gasteiger partial charge in [-0.1, -0.05) is 72.1 Å². The van der Waals surface area contributed by atoms with Crippen LogP contribution in [0.25, 0.3) is 0 Å². The Hall–Kier alpha value is -1.38. The molecule has 0 aliphatic heterocycles. The summed E-state index contributed by atoms with van der Waals surface area (Å²) in [5.74, 6) is -1.61. The highest BCUT2D eigenvalue weighted by atomic mass is 79.9. The number of ether oxygens (including phenoxy) is 5. The first-order valence-corrected chi connectivity index (χ1v) is 31.0. The Balaban J connectivity index is -0.000000823. The minimum absolute atomic E-state index is 0.0422. The van der Waals surface area contributed by atoms with Crippen molar-refractivity contribution in [3.8, 4) is 0 Å². The number of hydrogen-bond donors (Lipinski definition) is 0. The van der Waals surface area contributed by atoms with Crippen molar-refractivity contribution in [2.75, 3.05) is 33.0 Å². The molecule has 0 unspecified atom stereocenters. The lowest BCUT2D eigenvalue weighted by molar-refractivity contribution is -0.159. The Bertz CT molecular complexity index is 1290. The van der Waals surface area contributed by atoms with Crippen molar-refractivity contribution in [3.63, 3.8) is 0 Å². The van der Waals surface area contributed by atoms with Gasteiger partial charge in [0.05, 0.1) is 17.4 Å². The maximum absolute atomic E-state index is 12.0. The predicted molar refractivity (Wildman–Crippen MR) is 248 cm³/mol. The molecule has 17 heteroatoms. The van der Waals surface area contributed by atoms with Gasteiger partial charge in [-0.15, -0.1) is 0 Å². The lowest BCUT2D eigenvalue weighted by Gasteiger charge is -2.38. The zero-order valence-electron chi connectivity index (χ0n) is 39.3. The first-order chi connectivity index (χ1) is 26.0. The summed E-state index contributed by atoms with van der Waals surface area (Å²) in [6, 6.07) is 2.19. The van der Waals surface area contributed by atoms with Gasteiger partial charge in [-0.2, -0.15) is 0 Å². The van der Waals surface area contributed by atoms with Gasteiger partial charge in [0.1, 0.15) is 35.1 Å². The molecule has 0 amide bonds. The normalized spacial score (nSPS) is 12.5. The summed E-state index contributed by atoms with van der Waals surface area (Å²) in [5.41, 5.74) is -0.554. The SMILES string of the molecule is C=C(C)C(=O)OCCOC(=O)C(C)(C)Br.CCC(C)(C)C(=O)OCCOC(=O)C(C)(C)Br.CCCC[Si](C)(C)O[Si](C)(C)O[Si](C)(C)CCCOC(=O)C(C)(C)CC. The summed E-state index contributed by atoms with van der Waals surface area (Å²) in [6.07, 6.45) is 4.83. The molecule has 0 aliphatic carbocycles. The molecule has 0 radical (unpaired) electrons. The number of rotatable bonds is 24. The minimum atomic E-state index is -2.13. The Morgan fingerprint density at radius 1 is 0.517 bits per heavy atom. The van der Waals surface area contributed by atoms with E-state index in [-0.39, 0.29) is 49.8 Å². The highest BCUT2D eigenvalue weighted by Gasteiger charge is 2.39. The molecule has 12 nitrogen and oxygen atoms in total. The van der Waals surface area contributed by atoms with E-state index in [4.69, 9.17) is 31.9 Å². The maximum Gasteiger partial charge on any atom is 0.333 e. The third-order valence-corrected chi connectivity index (χ3v) is 20.7. The summed E-state index contributed by atoms with van der Waals surface area (Å²) >= 11 is 6.34. The maximum atomic E-state index is 12.0. The molecule has 0 bridgehead atoms. The third kappa shape index (κ3) is 30.6. The lowest BCUT2D eigenvalue weighted by atomic mass is 9.91. The van der Waals surface area contributed by atoms with Gasteiger partial charge in [0.2, 0.25) is 0 Å². The number of esters is 5. The van der Waals surface area contributed by atoms with Crippen molar-refractivity contribution in [2.24, 2.45) is 10.8 Å². The smallest absolute Gasteiger partial charge is 0.333 e. The molecule has 0 spiro atoms. The van der Waals surface area contributed by atoms with Gasteiger partial charge in [-0.3, -0.25) is 19.2 Å². The van der Waals surface area contributed by atoms with Gasteiger partial charge in [-0.25, -0.2) is 4.79 Å². The summed E-state index contributed by atoms with van der Waals surface area (Å²) in [7, 11) is -5.60. The van der Waals surface area contributed by atoms with E-state index in [0.717, 1.165) is 18.9 Å². The van der Waals surface area contributed by atoms with Crippen molar-refractivity contribution < 1.29 is 55.9 Å². The highest BCUT2D eigenvalue weighted by molar-refractivity contribution is 9.10. The van der Waals surface area contributed by atoms with Crippen molar-refractivity contribution in [1.82, 2.24) is 0 Å². The van der Waals surface area contributed by atoms with E-state index in [1.807, 2.05) is 41.5 Å². The van der Waals surface area contributed by atoms with Crippen LogP contribution in [0.5, 0.6) is 0 Å². The largest absolute Gasteiger partial charge is 0.465 e. The topological polar surface area (TPSA) is 150 Å².